The fourth-order valence-electron chi connectivity index (χ4n) is 1.47. The van der Waals surface area contributed by atoms with Gasteiger partial charge in [0, 0.05) is 0 Å². The van der Waals surface area contributed by atoms with Gasteiger partial charge >= 0.3 is 6.18 Å². The van der Waals surface area contributed by atoms with Crippen molar-refractivity contribution >= 4 is 0 Å². The molecule has 0 spiro atoms. The highest BCUT2D eigenvalue weighted by Gasteiger charge is 2.58. The molecule has 1 aliphatic carbocycles. The molecule has 1 saturated carbocycles. The maximum atomic E-state index is 12.2. The molecule has 2 N–H and O–H groups in total. The van der Waals surface area contributed by atoms with Crippen LogP contribution in [0, 0.1) is 0 Å². The van der Waals surface area contributed by atoms with E-state index in [2.05, 4.69) is 0 Å². The summed E-state index contributed by atoms with van der Waals surface area (Å²) in [6, 6.07) is 0. The lowest BCUT2D eigenvalue weighted by molar-refractivity contribution is -0.299. The standard InChI is InChI=1S/C7H11F3O2/c8-7(9,10)6(12)4-2-1-3-5(6)11/h5,11-12H,1-4H2. The monoisotopic (exact) mass is 184 g/mol. The summed E-state index contributed by atoms with van der Waals surface area (Å²) < 4.78 is 36.5. The summed E-state index contributed by atoms with van der Waals surface area (Å²) in [5, 5.41) is 18.1. The zero-order chi connectivity index (χ0) is 9.41. The lowest BCUT2D eigenvalue weighted by Crippen LogP contribution is -2.56. The smallest absolute Gasteiger partial charge is 0.390 e. The Kier molecular flexibility index (Phi) is 2.35. The molecular weight excluding hydrogens is 173 g/mol. The average molecular weight is 184 g/mol. The Balaban J connectivity index is 2.79. The second-order valence-corrected chi connectivity index (χ2v) is 3.18. The van der Waals surface area contributed by atoms with Gasteiger partial charge < -0.3 is 10.2 Å². The van der Waals surface area contributed by atoms with Crippen molar-refractivity contribution in [1.82, 2.24) is 0 Å². The van der Waals surface area contributed by atoms with Gasteiger partial charge in [0.2, 0.25) is 0 Å². The highest BCUT2D eigenvalue weighted by atomic mass is 19.4. The van der Waals surface area contributed by atoms with Crippen molar-refractivity contribution in [2.24, 2.45) is 0 Å². The molecule has 12 heavy (non-hydrogen) atoms. The quantitative estimate of drug-likeness (QED) is 0.594. The number of alkyl halides is 3. The molecule has 0 aromatic carbocycles. The van der Waals surface area contributed by atoms with Crippen molar-refractivity contribution < 1.29 is 23.4 Å². The van der Waals surface area contributed by atoms with Crippen LogP contribution in [0.5, 0.6) is 0 Å². The number of hydrogen-bond acceptors (Lipinski definition) is 2. The Morgan fingerprint density at radius 3 is 2.17 bits per heavy atom. The summed E-state index contributed by atoms with van der Waals surface area (Å²) in [7, 11) is 0. The maximum absolute atomic E-state index is 12.2. The van der Waals surface area contributed by atoms with Crippen LogP contribution in [0.25, 0.3) is 0 Å². The first-order valence-electron chi connectivity index (χ1n) is 3.85. The number of rotatable bonds is 0. The van der Waals surface area contributed by atoms with Gasteiger partial charge in [0.15, 0.2) is 5.60 Å². The van der Waals surface area contributed by atoms with Crippen molar-refractivity contribution in [1.29, 1.82) is 0 Å². The molecule has 0 aromatic rings. The van der Waals surface area contributed by atoms with Gasteiger partial charge in [-0.1, -0.05) is 12.8 Å². The lowest BCUT2D eigenvalue weighted by Gasteiger charge is -2.37. The molecular formula is C7H11F3O2. The van der Waals surface area contributed by atoms with E-state index < -0.39 is 24.3 Å². The van der Waals surface area contributed by atoms with Crippen molar-refractivity contribution in [2.75, 3.05) is 0 Å². The molecule has 2 unspecified atom stereocenters. The van der Waals surface area contributed by atoms with Gasteiger partial charge in [-0.3, -0.25) is 0 Å². The van der Waals surface area contributed by atoms with E-state index in [1.54, 1.807) is 0 Å². The van der Waals surface area contributed by atoms with Gasteiger partial charge in [0.25, 0.3) is 0 Å². The van der Waals surface area contributed by atoms with Crippen molar-refractivity contribution in [3.63, 3.8) is 0 Å². The summed E-state index contributed by atoms with van der Waals surface area (Å²) in [6.45, 7) is 0. The van der Waals surface area contributed by atoms with E-state index in [0.29, 0.717) is 12.8 Å². The van der Waals surface area contributed by atoms with Crippen LogP contribution in [-0.2, 0) is 0 Å². The fraction of sp³-hybridized carbons (Fsp3) is 1.00. The highest BCUT2D eigenvalue weighted by molar-refractivity contribution is 4.95. The molecule has 1 aliphatic rings. The Bertz CT molecular complexity index is 169. The van der Waals surface area contributed by atoms with E-state index in [1.807, 2.05) is 0 Å². The molecule has 5 heteroatoms. The Labute approximate surface area is 68.0 Å². The number of aliphatic hydroxyl groups is 2. The summed E-state index contributed by atoms with van der Waals surface area (Å²) in [6.07, 6.45) is -5.89. The highest BCUT2D eigenvalue weighted by Crippen LogP contribution is 2.41. The predicted octanol–water partition coefficient (Wildman–Crippen LogP) is 1.21. The molecule has 2 nitrogen and oxygen atoms in total. The van der Waals surface area contributed by atoms with Crippen LogP contribution >= 0.6 is 0 Å². The van der Waals surface area contributed by atoms with Crippen LogP contribution in [0.4, 0.5) is 13.2 Å². The third kappa shape index (κ3) is 1.43. The zero-order valence-electron chi connectivity index (χ0n) is 6.43. The molecule has 0 radical (unpaired) electrons. The molecule has 0 heterocycles. The molecule has 1 rings (SSSR count). The van der Waals surface area contributed by atoms with Crippen molar-refractivity contribution in [3.05, 3.63) is 0 Å². The number of hydrogen-bond donors (Lipinski definition) is 2. The maximum Gasteiger partial charge on any atom is 0.419 e. The topological polar surface area (TPSA) is 40.5 Å². The number of aliphatic hydroxyl groups excluding tert-OH is 1. The van der Waals surface area contributed by atoms with E-state index in [4.69, 9.17) is 10.2 Å². The predicted molar refractivity (Wildman–Crippen MR) is 35.5 cm³/mol. The lowest BCUT2D eigenvalue weighted by atomic mass is 9.82. The van der Waals surface area contributed by atoms with Gasteiger partial charge in [-0.15, -0.1) is 0 Å². The third-order valence-electron chi connectivity index (χ3n) is 2.33. The second kappa shape index (κ2) is 2.88. The first-order chi connectivity index (χ1) is 5.38. The second-order valence-electron chi connectivity index (χ2n) is 3.18. The van der Waals surface area contributed by atoms with Crippen LogP contribution in [0.2, 0.25) is 0 Å². The molecule has 0 bridgehead atoms. The molecule has 2 atom stereocenters. The first-order valence-corrected chi connectivity index (χ1v) is 3.85. The molecule has 1 fully saturated rings. The van der Waals surface area contributed by atoms with E-state index in [1.165, 1.54) is 0 Å². The van der Waals surface area contributed by atoms with Crippen LogP contribution in [0.1, 0.15) is 25.7 Å². The van der Waals surface area contributed by atoms with Crippen LogP contribution in [0.3, 0.4) is 0 Å². The molecule has 0 aromatic heterocycles. The van der Waals surface area contributed by atoms with Gasteiger partial charge in [0.1, 0.15) is 0 Å². The SMILES string of the molecule is OC1CCCCC1(O)C(F)(F)F. The Morgan fingerprint density at radius 1 is 1.25 bits per heavy atom. The van der Waals surface area contributed by atoms with Crippen LogP contribution in [-0.4, -0.2) is 28.1 Å². The van der Waals surface area contributed by atoms with Crippen molar-refractivity contribution in [2.45, 2.75) is 43.6 Å². The summed E-state index contributed by atoms with van der Waals surface area (Å²) in [5.41, 5.74) is -2.87. The Morgan fingerprint density at radius 2 is 1.83 bits per heavy atom. The van der Waals surface area contributed by atoms with Crippen LogP contribution in [0.15, 0.2) is 0 Å². The molecule has 72 valence electrons. The normalized spacial score (nSPS) is 38.2. The van der Waals surface area contributed by atoms with E-state index in [0.717, 1.165) is 0 Å². The minimum atomic E-state index is -4.72. The van der Waals surface area contributed by atoms with Gasteiger partial charge in [-0.25, -0.2) is 0 Å². The molecule has 0 amide bonds. The summed E-state index contributed by atoms with van der Waals surface area (Å²) in [4.78, 5) is 0. The van der Waals surface area contributed by atoms with E-state index in [9.17, 15) is 13.2 Å². The largest absolute Gasteiger partial charge is 0.419 e. The van der Waals surface area contributed by atoms with Crippen LogP contribution < -0.4 is 0 Å². The minimum Gasteiger partial charge on any atom is -0.390 e. The van der Waals surface area contributed by atoms with Gasteiger partial charge in [-0.2, -0.15) is 13.2 Å². The fourth-order valence-corrected chi connectivity index (χ4v) is 1.47. The number of halogens is 3. The summed E-state index contributed by atoms with van der Waals surface area (Å²) in [5.74, 6) is 0. The third-order valence-corrected chi connectivity index (χ3v) is 2.33. The van der Waals surface area contributed by atoms with Gasteiger partial charge in [0.05, 0.1) is 6.10 Å². The first kappa shape index (κ1) is 9.80. The minimum absolute atomic E-state index is 0.0238. The van der Waals surface area contributed by atoms with E-state index in [-0.39, 0.29) is 6.42 Å². The average Bonchev–Trinajstić information content (AvgIpc) is 1.93. The van der Waals surface area contributed by atoms with Gasteiger partial charge in [-0.05, 0) is 12.8 Å². The molecule has 0 aliphatic heterocycles. The van der Waals surface area contributed by atoms with E-state index >= 15 is 0 Å². The molecule has 0 saturated heterocycles. The summed E-state index contributed by atoms with van der Waals surface area (Å²) >= 11 is 0. The Hall–Kier alpha value is -0.290. The zero-order valence-corrected chi connectivity index (χ0v) is 6.43. The van der Waals surface area contributed by atoms with Crippen molar-refractivity contribution in [3.8, 4) is 0 Å².